The highest BCUT2D eigenvalue weighted by Crippen LogP contribution is 2.27. The van der Waals surface area contributed by atoms with Crippen molar-refractivity contribution in [3.63, 3.8) is 0 Å². The molecule has 0 heterocycles. The second-order valence-corrected chi connectivity index (χ2v) is 7.19. The Morgan fingerprint density at radius 2 is 1.81 bits per heavy atom. The van der Waals surface area contributed by atoms with E-state index in [2.05, 4.69) is 26.1 Å². The van der Waals surface area contributed by atoms with Crippen LogP contribution in [0.15, 0.2) is 24.3 Å². The molecule has 1 atom stereocenters. The molecule has 0 radical (unpaired) electrons. The zero-order chi connectivity index (χ0) is 15.5. The summed E-state index contributed by atoms with van der Waals surface area (Å²) in [7, 11) is 0. The van der Waals surface area contributed by atoms with Crippen LogP contribution in [0.4, 0.5) is 0 Å². The van der Waals surface area contributed by atoms with Crippen LogP contribution in [0.1, 0.15) is 62.4 Å². The zero-order valence-electron chi connectivity index (χ0n) is 13.5. The van der Waals surface area contributed by atoms with Crippen molar-refractivity contribution in [3.8, 4) is 0 Å². The first-order valence-electron chi connectivity index (χ1n) is 8.03. The smallest absolute Gasteiger partial charge is 0.251 e. The van der Waals surface area contributed by atoms with E-state index in [9.17, 15) is 4.79 Å². The van der Waals surface area contributed by atoms with Gasteiger partial charge in [-0.05, 0) is 41.9 Å². The second-order valence-electron chi connectivity index (χ2n) is 7.19. The second kappa shape index (κ2) is 6.61. The molecule has 0 spiro atoms. The minimum absolute atomic E-state index is 0.00203. The molecule has 1 amide bonds. The monoisotopic (exact) mass is 288 g/mol. The van der Waals surface area contributed by atoms with E-state index in [0.717, 1.165) is 5.56 Å². The first kappa shape index (κ1) is 16.0. The highest BCUT2D eigenvalue weighted by molar-refractivity contribution is 5.94. The molecule has 0 aliphatic heterocycles. The minimum Gasteiger partial charge on any atom is -0.348 e. The summed E-state index contributed by atoms with van der Waals surface area (Å²) in [5, 5.41) is 3.12. The van der Waals surface area contributed by atoms with Gasteiger partial charge >= 0.3 is 0 Å². The first-order valence-corrected chi connectivity index (χ1v) is 8.03. The van der Waals surface area contributed by atoms with Gasteiger partial charge in [-0.25, -0.2) is 0 Å². The molecule has 1 aliphatic carbocycles. The molecule has 3 heteroatoms. The lowest BCUT2D eigenvalue weighted by molar-refractivity contribution is 0.0924. The fourth-order valence-corrected chi connectivity index (χ4v) is 3.10. The summed E-state index contributed by atoms with van der Waals surface area (Å²) in [4.78, 5) is 12.4. The summed E-state index contributed by atoms with van der Waals surface area (Å²) >= 11 is 0. The maximum Gasteiger partial charge on any atom is 0.251 e. The van der Waals surface area contributed by atoms with E-state index in [1.165, 1.54) is 31.2 Å². The van der Waals surface area contributed by atoms with Crippen LogP contribution in [-0.4, -0.2) is 18.5 Å². The van der Waals surface area contributed by atoms with Crippen molar-refractivity contribution in [1.82, 2.24) is 5.32 Å². The van der Waals surface area contributed by atoms with E-state index in [0.29, 0.717) is 12.5 Å². The van der Waals surface area contributed by atoms with Gasteiger partial charge in [-0.15, -0.1) is 0 Å². The molecule has 2 rings (SSSR count). The van der Waals surface area contributed by atoms with E-state index >= 15 is 0 Å². The molecule has 0 bridgehead atoms. The number of carbonyl (C=O) groups is 1. The molecule has 21 heavy (non-hydrogen) atoms. The van der Waals surface area contributed by atoms with Crippen LogP contribution in [0, 0.1) is 5.92 Å². The zero-order valence-corrected chi connectivity index (χ0v) is 13.5. The van der Waals surface area contributed by atoms with E-state index < -0.39 is 0 Å². The predicted molar refractivity (Wildman–Crippen MR) is 87.4 cm³/mol. The number of nitrogens with two attached hydrogens (primary N) is 1. The van der Waals surface area contributed by atoms with Gasteiger partial charge in [0.05, 0.1) is 0 Å². The van der Waals surface area contributed by atoms with Gasteiger partial charge in [-0.1, -0.05) is 45.7 Å². The van der Waals surface area contributed by atoms with Crippen LogP contribution in [0.25, 0.3) is 0 Å². The summed E-state index contributed by atoms with van der Waals surface area (Å²) < 4.78 is 0. The number of benzene rings is 1. The molecule has 1 aromatic rings. The van der Waals surface area contributed by atoms with Crippen LogP contribution in [0.5, 0.6) is 0 Å². The van der Waals surface area contributed by atoms with Crippen molar-refractivity contribution in [2.45, 2.75) is 57.9 Å². The lowest BCUT2D eigenvalue weighted by Gasteiger charge is -2.23. The van der Waals surface area contributed by atoms with Crippen molar-refractivity contribution < 1.29 is 4.79 Å². The Morgan fingerprint density at radius 1 is 1.24 bits per heavy atom. The molecule has 1 aliphatic rings. The first-order chi connectivity index (χ1) is 9.91. The van der Waals surface area contributed by atoms with E-state index in [4.69, 9.17) is 5.73 Å². The quantitative estimate of drug-likeness (QED) is 0.893. The van der Waals surface area contributed by atoms with Crippen molar-refractivity contribution in [2.75, 3.05) is 6.54 Å². The van der Waals surface area contributed by atoms with Gasteiger partial charge in [0.15, 0.2) is 0 Å². The third kappa shape index (κ3) is 4.07. The minimum atomic E-state index is -0.00203. The third-order valence-electron chi connectivity index (χ3n) is 4.55. The van der Waals surface area contributed by atoms with Gasteiger partial charge in [0.2, 0.25) is 0 Å². The summed E-state index contributed by atoms with van der Waals surface area (Å²) in [5.74, 6) is 0.547. The Bertz CT molecular complexity index is 467. The van der Waals surface area contributed by atoms with Gasteiger partial charge in [-0.2, -0.15) is 0 Å². The fourth-order valence-electron chi connectivity index (χ4n) is 3.10. The van der Waals surface area contributed by atoms with Crippen molar-refractivity contribution in [1.29, 1.82) is 0 Å². The van der Waals surface area contributed by atoms with E-state index in [1.54, 1.807) is 0 Å². The number of hydrogen-bond donors (Lipinski definition) is 2. The van der Waals surface area contributed by atoms with E-state index in [-0.39, 0.29) is 17.4 Å². The van der Waals surface area contributed by atoms with Crippen LogP contribution >= 0.6 is 0 Å². The molecule has 1 unspecified atom stereocenters. The molecule has 3 nitrogen and oxygen atoms in total. The summed E-state index contributed by atoms with van der Waals surface area (Å²) in [5.41, 5.74) is 7.92. The number of carbonyl (C=O) groups excluding carboxylic acids is 1. The molecule has 0 saturated heterocycles. The van der Waals surface area contributed by atoms with Crippen LogP contribution < -0.4 is 11.1 Å². The Hall–Kier alpha value is -1.35. The molecule has 1 fully saturated rings. The van der Waals surface area contributed by atoms with Gasteiger partial charge in [-0.3, -0.25) is 4.79 Å². The van der Waals surface area contributed by atoms with Crippen LogP contribution in [0.3, 0.4) is 0 Å². The summed E-state index contributed by atoms with van der Waals surface area (Å²) in [6.07, 6.45) is 4.89. The molecule has 3 N–H and O–H groups in total. The summed E-state index contributed by atoms with van der Waals surface area (Å²) in [6, 6.07) is 8.03. The summed E-state index contributed by atoms with van der Waals surface area (Å²) in [6.45, 7) is 7.04. The Balaban J connectivity index is 2.02. The van der Waals surface area contributed by atoms with Crippen molar-refractivity contribution >= 4 is 5.91 Å². The highest BCUT2D eigenvalue weighted by atomic mass is 16.1. The molecular weight excluding hydrogens is 260 g/mol. The molecule has 116 valence electrons. The Labute approximate surface area is 128 Å². The van der Waals surface area contributed by atoms with Crippen molar-refractivity contribution in [2.24, 2.45) is 11.7 Å². The average molecular weight is 288 g/mol. The molecular formula is C18H28N2O. The SMILES string of the molecule is CC(C)(C)c1ccc(C(=O)NC(CN)C2CCCC2)cc1. The Morgan fingerprint density at radius 3 is 2.29 bits per heavy atom. The van der Waals surface area contributed by atoms with Crippen LogP contribution in [-0.2, 0) is 5.41 Å². The maximum absolute atomic E-state index is 12.4. The lowest BCUT2D eigenvalue weighted by Crippen LogP contribution is -2.44. The van der Waals surface area contributed by atoms with E-state index in [1.807, 2.05) is 24.3 Å². The largest absolute Gasteiger partial charge is 0.348 e. The predicted octanol–water partition coefficient (Wildman–Crippen LogP) is 3.23. The topological polar surface area (TPSA) is 55.1 Å². The highest BCUT2D eigenvalue weighted by Gasteiger charge is 2.25. The number of rotatable bonds is 4. The molecule has 1 saturated carbocycles. The average Bonchev–Trinajstić information content (AvgIpc) is 2.97. The van der Waals surface area contributed by atoms with Gasteiger partial charge in [0, 0.05) is 18.2 Å². The third-order valence-corrected chi connectivity index (χ3v) is 4.55. The van der Waals surface area contributed by atoms with Gasteiger partial charge in [0.25, 0.3) is 5.91 Å². The maximum atomic E-state index is 12.4. The van der Waals surface area contributed by atoms with Gasteiger partial charge < -0.3 is 11.1 Å². The normalized spacial score (nSPS) is 17.7. The lowest BCUT2D eigenvalue weighted by atomic mass is 9.86. The molecule has 0 aromatic heterocycles. The van der Waals surface area contributed by atoms with Crippen LogP contribution in [0.2, 0.25) is 0 Å². The van der Waals surface area contributed by atoms with Crippen molar-refractivity contribution in [3.05, 3.63) is 35.4 Å². The fraction of sp³-hybridized carbons (Fsp3) is 0.611. The number of amides is 1. The number of hydrogen-bond acceptors (Lipinski definition) is 2. The number of nitrogens with one attached hydrogen (secondary N) is 1. The Kier molecular flexibility index (Phi) is 5.04. The standard InChI is InChI=1S/C18H28N2O/c1-18(2,3)15-10-8-14(9-11-15)17(21)20-16(12-19)13-6-4-5-7-13/h8-11,13,16H,4-7,12,19H2,1-3H3,(H,20,21). The molecule has 1 aromatic carbocycles. The van der Waals surface area contributed by atoms with Gasteiger partial charge in [0.1, 0.15) is 0 Å².